The van der Waals surface area contributed by atoms with Crippen LogP contribution in [0.4, 0.5) is 0 Å². The zero-order chi connectivity index (χ0) is 16.8. The molecule has 3 aromatic rings. The first-order valence-corrected chi connectivity index (χ1v) is 7.65. The lowest BCUT2D eigenvalue weighted by Gasteiger charge is -2.08. The van der Waals surface area contributed by atoms with Gasteiger partial charge in [-0.15, -0.1) is 0 Å². The second-order valence-corrected chi connectivity index (χ2v) is 5.27. The first kappa shape index (κ1) is 15.9. The Bertz CT molecular complexity index is 829. The lowest BCUT2D eigenvalue weighted by molar-refractivity contribution is -0.123. The number of aryl methyl sites for hydroxylation is 1. The van der Waals surface area contributed by atoms with Crippen molar-refractivity contribution in [2.45, 2.75) is 6.92 Å². The molecule has 0 aliphatic heterocycles. The summed E-state index contributed by atoms with van der Waals surface area (Å²) in [7, 11) is 0. The van der Waals surface area contributed by atoms with Gasteiger partial charge in [-0.1, -0.05) is 30.3 Å². The van der Waals surface area contributed by atoms with Crippen LogP contribution in [0.1, 0.15) is 5.76 Å². The van der Waals surface area contributed by atoms with Crippen LogP contribution in [0.25, 0.3) is 10.8 Å². The third kappa shape index (κ3) is 4.25. The van der Waals surface area contributed by atoms with E-state index in [1.54, 1.807) is 13.0 Å². The van der Waals surface area contributed by atoms with Crippen LogP contribution in [-0.2, 0) is 4.79 Å². The van der Waals surface area contributed by atoms with Crippen molar-refractivity contribution in [2.24, 2.45) is 0 Å². The van der Waals surface area contributed by atoms with Gasteiger partial charge in [-0.05, 0) is 35.0 Å². The van der Waals surface area contributed by atoms with Gasteiger partial charge >= 0.3 is 0 Å². The zero-order valence-electron chi connectivity index (χ0n) is 13.3. The van der Waals surface area contributed by atoms with E-state index in [9.17, 15) is 4.79 Å². The molecule has 24 heavy (non-hydrogen) atoms. The maximum Gasteiger partial charge on any atom is 0.258 e. The third-order valence-corrected chi connectivity index (χ3v) is 3.37. The third-order valence-electron chi connectivity index (χ3n) is 3.37. The molecule has 0 saturated heterocycles. The van der Waals surface area contributed by atoms with Gasteiger partial charge < -0.3 is 19.3 Å². The fourth-order valence-corrected chi connectivity index (χ4v) is 2.22. The Labute approximate surface area is 139 Å². The average Bonchev–Trinajstić information content (AvgIpc) is 3.02. The molecule has 0 bridgehead atoms. The molecule has 1 aromatic heterocycles. The number of ether oxygens (including phenoxy) is 2. The highest BCUT2D eigenvalue weighted by Gasteiger charge is 2.05. The number of fused-ring (bicyclic) bond motifs is 1. The maximum absolute atomic E-state index is 11.7. The molecular weight excluding hydrogens is 308 g/mol. The van der Waals surface area contributed by atoms with Crippen molar-refractivity contribution in [3.8, 4) is 11.6 Å². The largest absolute Gasteiger partial charge is 0.492 e. The van der Waals surface area contributed by atoms with E-state index in [4.69, 9.17) is 14.0 Å². The van der Waals surface area contributed by atoms with Crippen LogP contribution in [0.5, 0.6) is 11.6 Å². The molecule has 2 aromatic carbocycles. The minimum Gasteiger partial charge on any atom is -0.492 e. The quantitative estimate of drug-likeness (QED) is 0.676. The topological polar surface area (TPSA) is 73.6 Å². The van der Waals surface area contributed by atoms with Crippen molar-refractivity contribution < 1.29 is 18.8 Å². The van der Waals surface area contributed by atoms with E-state index in [0.717, 1.165) is 11.1 Å². The summed E-state index contributed by atoms with van der Waals surface area (Å²) < 4.78 is 15.7. The van der Waals surface area contributed by atoms with E-state index in [1.165, 1.54) is 5.39 Å². The highest BCUT2D eigenvalue weighted by atomic mass is 16.5. The fraction of sp³-hybridized carbons (Fsp3) is 0.222. The first-order valence-electron chi connectivity index (χ1n) is 7.65. The first-order chi connectivity index (χ1) is 11.7. The SMILES string of the molecule is Cc1cc(OCC(=O)NCCOc2ccc3ccccc3c2)no1. The molecule has 1 N–H and O–H groups in total. The number of carbonyl (C=O) groups is 1. The number of rotatable bonds is 7. The predicted molar refractivity (Wildman–Crippen MR) is 89.2 cm³/mol. The Kier molecular flexibility index (Phi) is 4.96. The number of amides is 1. The second-order valence-electron chi connectivity index (χ2n) is 5.27. The number of hydrogen-bond donors (Lipinski definition) is 1. The van der Waals surface area contributed by atoms with Crippen LogP contribution in [0.15, 0.2) is 53.1 Å². The van der Waals surface area contributed by atoms with Crippen LogP contribution in [0.2, 0.25) is 0 Å². The minimum absolute atomic E-state index is 0.109. The van der Waals surface area contributed by atoms with Crippen molar-refractivity contribution in [1.82, 2.24) is 10.5 Å². The Balaban J connectivity index is 1.38. The molecule has 124 valence electrons. The molecule has 0 spiro atoms. The van der Waals surface area contributed by atoms with E-state index in [0.29, 0.717) is 24.8 Å². The molecule has 0 fully saturated rings. The molecule has 1 heterocycles. The Morgan fingerprint density at radius 1 is 1.12 bits per heavy atom. The Morgan fingerprint density at radius 2 is 1.96 bits per heavy atom. The summed E-state index contributed by atoms with van der Waals surface area (Å²) in [5.74, 6) is 1.47. The Hall–Kier alpha value is -3.02. The molecule has 0 unspecified atom stereocenters. The van der Waals surface area contributed by atoms with Crippen LogP contribution in [0, 0.1) is 6.92 Å². The maximum atomic E-state index is 11.7. The normalized spacial score (nSPS) is 10.5. The van der Waals surface area contributed by atoms with Crippen LogP contribution >= 0.6 is 0 Å². The molecule has 0 atom stereocenters. The number of benzene rings is 2. The number of nitrogens with zero attached hydrogens (tertiary/aromatic N) is 1. The highest BCUT2D eigenvalue weighted by Crippen LogP contribution is 2.20. The summed E-state index contributed by atoms with van der Waals surface area (Å²) in [6.07, 6.45) is 0. The summed E-state index contributed by atoms with van der Waals surface area (Å²) in [6.45, 7) is 2.42. The van der Waals surface area contributed by atoms with Gasteiger partial charge in [0.2, 0.25) is 0 Å². The molecular formula is C18H18N2O4. The number of nitrogens with one attached hydrogen (secondary N) is 1. The van der Waals surface area contributed by atoms with Gasteiger partial charge in [0, 0.05) is 6.07 Å². The molecule has 3 rings (SSSR count). The standard InChI is InChI=1S/C18H18N2O4/c1-13-10-18(20-24-13)23-12-17(21)19-8-9-22-16-7-6-14-4-2-3-5-15(14)11-16/h2-7,10-11H,8-9,12H2,1H3,(H,19,21). The van der Waals surface area contributed by atoms with Gasteiger partial charge in [-0.3, -0.25) is 4.79 Å². The summed E-state index contributed by atoms with van der Waals surface area (Å²) >= 11 is 0. The monoisotopic (exact) mass is 326 g/mol. The van der Waals surface area contributed by atoms with Crippen LogP contribution in [-0.4, -0.2) is 30.8 Å². The van der Waals surface area contributed by atoms with Gasteiger partial charge in [-0.25, -0.2) is 0 Å². The molecule has 0 aliphatic rings. The van der Waals surface area contributed by atoms with E-state index < -0.39 is 0 Å². The van der Waals surface area contributed by atoms with Crippen molar-refractivity contribution in [2.75, 3.05) is 19.8 Å². The van der Waals surface area contributed by atoms with E-state index in [-0.39, 0.29) is 12.5 Å². The highest BCUT2D eigenvalue weighted by molar-refractivity contribution is 5.83. The van der Waals surface area contributed by atoms with Crippen molar-refractivity contribution >= 4 is 16.7 Å². The van der Waals surface area contributed by atoms with E-state index >= 15 is 0 Å². The van der Waals surface area contributed by atoms with Crippen LogP contribution in [0.3, 0.4) is 0 Å². The van der Waals surface area contributed by atoms with E-state index in [1.807, 2.05) is 36.4 Å². The number of hydrogen-bond acceptors (Lipinski definition) is 5. The van der Waals surface area contributed by atoms with Crippen LogP contribution < -0.4 is 14.8 Å². The second kappa shape index (κ2) is 7.50. The lowest BCUT2D eigenvalue weighted by atomic mass is 10.1. The summed E-state index contributed by atoms with van der Waals surface area (Å²) in [5, 5.41) is 8.65. The molecule has 0 saturated carbocycles. The summed E-state index contributed by atoms with van der Waals surface area (Å²) in [4.78, 5) is 11.7. The smallest absolute Gasteiger partial charge is 0.258 e. The van der Waals surface area contributed by atoms with Gasteiger partial charge in [0.1, 0.15) is 18.1 Å². The van der Waals surface area contributed by atoms with Gasteiger partial charge in [0.05, 0.1) is 6.54 Å². The summed E-state index contributed by atoms with van der Waals surface area (Å²) in [6, 6.07) is 15.6. The van der Waals surface area contributed by atoms with Gasteiger partial charge in [-0.2, -0.15) is 0 Å². The average molecular weight is 326 g/mol. The fourth-order valence-electron chi connectivity index (χ4n) is 2.22. The molecule has 6 heteroatoms. The predicted octanol–water partition coefficient (Wildman–Crippen LogP) is 2.71. The van der Waals surface area contributed by atoms with Crippen molar-refractivity contribution in [1.29, 1.82) is 0 Å². The van der Waals surface area contributed by atoms with E-state index in [2.05, 4.69) is 16.5 Å². The molecule has 0 radical (unpaired) electrons. The molecule has 0 aliphatic carbocycles. The number of aromatic nitrogens is 1. The van der Waals surface area contributed by atoms with Gasteiger partial charge in [0.25, 0.3) is 11.8 Å². The van der Waals surface area contributed by atoms with Gasteiger partial charge in [0.15, 0.2) is 6.61 Å². The minimum atomic E-state index is -0.238. The summed E-state index contributed by atoms with van der Waals surface area (Å²) in [5.41, 5.74) is 0. The zero-order valence-corrected chi connectivity index (χ0v) is 13.3. The molecule has 1 amide bonds. The van der Waals surface area contributed by atoms with Crippen molar-refractivity contribution in [3.63, 3.8) is 0 Å². The van der Waals surface area contributed by atoms with Crippen molar-refractivity contribution in [3.05, 3.63) is 54.3 Å². The Morgan fingerprint density at radius 3 is 2.75 bits per heavy atom. The molecule has 6 nitrogen and oxygen atoms in total. The lowest BCUT2D eigenvalue weighted by Crippen LogP contribution is -2.32. The number of carbonyl (C=O) groups excluding carboxylic acids is 1.